The van der Waals surface area contributed by atoms with Crippen LogP contribution in [0.2, 0.25) is 0 Å². The lowest BCUT2D eigenvalue weighted by atomic mass is 10.2. The number of thiophene rings is 1. The Hall–Kier alpha value is -2.13. The molecule has 0 saturated heterocycles. The summed E-state index contributed by atoms with van der Waals surface area (Å²) < 4.78 is 3.28. The number of nitrogens with one attached hydrogen (secondary N) is 1. The smallest absolute Gasteiger partial charge is 0.262 e. The maximum atomic E-state index is 12.7. The number of rotatable bonds is 5. The second kappa shape index (κ2) is 7.47. The third-order valence-corrected chi connectivity index (χ3v) is 6.68. The zero-order chi connectivity index (χ0) is 19.9. The molecule has 0 bridgehead atoms. The molecule has 1 amide bonds. The van der Waals surface area contributed by atoms with Crippen molar-refractivity contribution in [1.29, 1.82) is 0 Å². The number of hydrogen-bond acceptors (Lipinski definition) is 6. The third-order valence-electron chi connectivity index (χ3n) is 4.43. The fraction of sp³-hybridized carbons (Fsp3) is 0.444. The van der Waals surface area contributed by atoms with Crippen LogP contribution in [0.4, 0.5) is 5.82 Å². The largest absolute Gasteiger partial charge is 0.310 e. The van der Waals surface area contributed by atoms with Crippen LogP contribution >= 0.6 is 23.1 Å². The van der Waals surface area contributed by atoms with Gasteiger partial charge in [-0.25, -0.2) is 9.67 Å². The van der Waals surface area contributed by atoms with E-state index in [1.807, 2.05) is 27.7 Å². The highest BCUT2D eigenvalue weighted by molar-refractivity contribution is 8.00. The summed E-state index contributed by atoms with van der Waals surface area (Å²) in [6, 6.07) is 1.92. The van der Waals surface area contributed by atoms with Gasteiger partial charge in [0.1, 0.15) is 10.6 Å². The first-order valence-corrected chi connectivity index (χ1v) is 10.4. The normalized spacial score (nSPS) is 12.7. The molecule has 1 N–H and O–H groups in total. The van der Waals surface area contributed by atoms with Crippen LogP contribution in [0.25, 0.3) is 10.2 Å². The van der Waals surface area contributed by atoms with Gasteiger partial charge in [0.05, 0.1) is 16.8 Å². The maximum Gasteiger partial charge on any atom is 0.262 e. The van der Waals surface area contributed by atoms with Crippen molar-refractivity contribution in [2.75, 3.05) is 5.32 Å². The average molecular weight is 406 g/mol. The SMILES string of the molecule is Cc1sc2nc(SC(C)C(=O)Nc3ccnn3C(C)C)n(C)c(=O)c2c1C. The van der Waals surface area contributed by atoms with E-state index in [0.29, 0.717) is 16.4 Å². The highest BCUT2D eigenvalue weighted by Gasteiger charge is 2.21. The van der Waals surface area contributed by atoms with E-state index in [1.165, 1.54) is 27.7 Å². The Labute approximate surface area is 165 Å². The van der Waals surface area contributed by atoms with E-state index in [0.717, 1.165) is 15.3 Å². The summed E-state index contributed by atoms with van der Waals surface area (Å²) in [5.74, 6) is 0.500. The van der Waals surface area contributed by atoms with Gasteiger partial charge in [-0.1, -0.05) is 11.8 Å². The van der Waals surface area contributed by atoms with E-state index >= 15 is 0 Å². The van der Waals surface area contributed by atoms with Crippen LogP contribution < -0.4 is 10.9 Å². The Morgan fingerprint density at radius 1 is 1.30 bits per heavy atom. The van der Waals surface area contributed by atoms with Gasteiger partial charge < -0.3 is 5.32 Å². The van der Waals surface area contributed by atoms with Gasteiger partial charge in [-0.05, 0) is 40.2 Å². The van der Waals surface area contributed by atoms with Crippen LogP contribution in [0.1, 0.15) is 37.3 Å². The highest BCUT2D eigenvalue weighted by atomic mass is 32.2. The number of thioether (sulfide) groups is 1. The number of anilines is 1. The van der Waals surface area contributed by atoms with Crippen LogP contribution in [0, 0.1) is 13.8 Å². The van der Waals surface area contributed by atoms with Gasteiger partial charge in [0.15, 0.2) is 5.16 Å². The Balaban J connectivity index is 1.84. The highest BCUT2D eigenvalue weighted by Crippen LogP contribution is 2.29. The lowest BCUT2D eigenvalue weighted by Crippen LogP contribution is -2.26. The molecule has 0 aliphatic carbocycles. The number of carbonyl (C=O) groups is 1. The Bertz CT molecular complexity index is 1060. The Morgan fingerprint density at radius 3 is 2.67 bits per heavy atom. The first-order chi connectivity index (χ1) is 12.7. The molecule has 3 aromatic heterocycles. The summed E-state index contributed by atoms with van der Waals surface area (Å²) in [4.78, 5) is 31.8. The summed E-state index contributed by atoms with van der Waals surface area (Å²) in [5.41, 5.74) is 0.905. The van der Waals surface area contributed by atoms with Crippen LogP contribution in [0.5, 0.6) is 0 Å². The van der Waals surface area contributed by atoms with Gasteiger partial charge in [-0.15, -0.1) is 11.3 Å². The molecule has 1 atom stereocenters. The molecule has 0 aliphatic heterocycles. The molecule has 9 heteroatoms. The molecule has 0 radical (unpaired) electrons. The summed E-state index contributed by atoms with van der Waals surface area (Å²) >= 11 is 2.79. The lowest BCUT2D eigenvalue weighted by Gasteiger charge is -2.15. The standard InChI is InChI=1S/C18H23N5O2S2/c1-9(2)23-13(7-8-19-23)20-15(24)12(5)27-18-21-16-14(17(25)22(18)6)10(3)11(4)26-16/h7-9,12H,1-6H3,(H,20,24). The molecule has 27 heavy (non-hydrogen) atoms. The van der Waals surface area contributed by atoms with Crippen LogP contribution in [0.3, 0.4) is 0 Å². The third kappa shape index (κ3) is 3.66. The molecular formula is C18H23N5O2S2. The number of nitrogens with zero attached hydrogens (tertiary/aromatic N) is 4. The van der Waals surface area contributed by atoms with Gasteiger partial charge in [0.25, 0.3) is 5.56 Å². The van der Waals surface area contributed by atoms with Crippen molar-refractivity contribution in [1.82, 2.24) is 19.3 Å². The molecule has 3 rings (SSSR count). The van der Waals surface area contributed by atoms with E-state index in [4.69, 9.17) is 0 Å². The van der Waals surface area contributed by atoms with E-state index < -0.39 is 5.25 Å². The Kier molecular flexibility index (Phi) is 5.43. The van der Waals surface area contributed by atoms with Crippen molar-refractivity contribution in [3.05, 3.63) is 33.1 Å². The summed E-state index contributed by atoms with van der Waals surface area (Å²) in [6.45, 7) is 9.73. The quantitative estimate of drug-likeness (QED) is 0.519. The average Bonchev–Trinajstić information content (AvgIpc) is 3.17. The molecule has 0 spiro atoms. The molecule has 3 aromatic rings. The molecule has 7 nitrogen and oxygen atoms in total. The first-order valence-electron chi connectivity index (χ1n) is 8.68. The van der Waals surface area contributed by atoms with Crippen LogP contribution in [-0.4, -0.2) is 30.5 Å². The van der Waals surface area contributed by atoms with Gasteiger partial charge in [-0.2, -0.15) is 5.10 Å². The summed E-state index contributed by atoms with van der Waals surface area (Å²) in [5, 5.41) is 7.91. The summed E-state index contributed by atoms with van der Waals surface area (Å²) in [7, 11) is 1.70. The molecule has 0 fully saturated rings. The molecular weight excluding hydrogens is 382 g/mol. The second-order valence-electron chi connectivity index (χ2n) is 6.73. The van der Waals surface area contributed by atoms with Crippen molar-refractivity contribution in [2.24, 2.45) is 7.05 Å². The van der Waals surface area contributed by atoms with Gasteiger partial charge >= 0.3 is 0 Å². The predicted molar refractivity (Wildman–Crippen MR) is 111 cm³/mol. The number of aryl methyl sites for hydroxylation is 2. The topological polar surface area (TPSA) is 81.8 Å². The monoisotopic (exact) mass is 405 g/mol. The minimum absolute atomic E-state index is 0.0742. The number of hydrogen-bond donors (Lipinski definition) is 1. The molecule has 0 aromatic carbocycles. The van der Waals surface area contributed by atoms with Crippen molar-refractivity contribution < 1.29 is 4.79 Å². The van der Waals surface area contributed by atoms with Gasteiger partial charge in [-0.3, -0.25) is 14.2 Å². The molecule has 0 aliphatic rings. The van der Waals surface area contributed by atoms with E-state index in [9.17, 15) is 9.59 Å². The maximum absolute atomic E-state index is 12.7. The van der Waals surface area contributed by atoms with Crippen molar-refractivity contribution in [3.8, 4) is 0 Å². The van der Waals surface area contributed by atoms with Crippen LogP contribution in [0.15, 0.2) is 22.2 Å². The number of carbonyl (C=O) groups excluding carboxylic acids is 1. The zero-order valence-corrected chi connectivity index (χ0v) is 17.9. The molecule has 3 heterocycles. The predicted octanol–water partition coefficient (Wildman–Crippen LogP) is 3.51. The van der Waals surface area contributed by atoms with E-state index in [-0.39, 0.29) is 17.5 Å². The molecule has 144 valence electrons. The summed E-state index contributed by atoms with van der Waals surface area (Å²) in [6.07, 6.45) is 1.66. The van der Waals surface area contributed by atoms with Crippen molar-refractivity contribution in [3.63, 3.8) is 0 Å². The fourth-order valence-electron chi connectivity index (χ4n) is 2.73. The second-order valence-corrected chi connectivity index (χ2v) is 9.24. The van der Waals surface area contributed by atoms with Gasteiger partial charge in [0, 0.05) is 24.0 Å². The zero-order valence-electron chi connectivity index (χ0n) is 16.2. The molecule has 1 unspecified atom stereocenters. The number of fused-ring (bicyclic) bond motifs is 1. The van der Waals surface area contributed by atoms with E-state index in [2.05, 4.69) is 15.4 Å². The fourth-order valence-corrected chi connectivity index (χ4v) is 4.67. The van der Waals surface area contributed by atoms with Crippen LogP contribution in [-0.2, 0) is 11.8 Å². The minimum Gasteiger partial charge on any atom is -0.310 e. The van der Waals surface area contributed by atoms with Gasteiger partial charge in [0.2, 0.25) is 5.91 Å². The van der Waals surface area contributed by atoms with Crippen molar-refractivity contribution >= 4 is 45.0 Å². The van der Waals surface area contributed by atoms with Crippen molar-refractivity contribution in [2.45, 2.75) is 51.1 Å². The minimum atomic E-state index is -0.418. The number of amides is 1. The lowest BCUT2D eigenvalue weighted by molar-refractivity contribution is -0.115. The Morgan fingerprint density at radius 2 is 2.00 bits per heavy atom. The number of aromatic nitrogens is 4. The molecule has 0 saturated carbocycles. The first kappa shape index (κ1) is 19.6. The van der Waals surface area contributed by atoms with E-state index in [1.54, 1.807) is 30.9 Å².